The van der Waals surface area contributed by atoms with E-state index in [9.17, 15) is 4.79 Å². The van der Waals surface area contributed by atoms with E-state index in [4.69, 9.17) is 0 Å². The number of carbonyl (C=O) groups is 1. The zero-order chi connectivity index (χ0) is 14.9. The highest BCUT2D eigenvalue weighted by molar-refractivity contribution is 14.1. The molecule has 2 rings (SSSR count). The number of carbonyl (C=O) groups excluding carboxylic acids is 1. The molecule has 0 aliphatic rings. The molecule has 1 amide bonds. The van der Waals surface area contributed by atoms with Gasteiger partial charge in [-0.2, -0.15) is 0 Å². The van der Waals surface area contributed by atoms with Crippen LogP contribution in [0.15, 0.2) is 36.4 Å². The molecule has 2 aromatic carbocycles. The lowest BCUT2D eigenvalue weighted by Gasteiger charge is -2.31. The monoisotopic (exact) mass is 381 g/mol. The highest BCUT2D eigenvalue weighted by Gasteiger charge is 2.24. The Morgan fingerprint density at radius 1 is 1.00 bits per heavy atom. The Morgan fingerprint density at radius 2 is 1.60 bits per heavy atom. The second kappa shape index (κ2) is 6.12. The van der Waals surface area contributed by atoms with Gasteiger partial charge in [0.2, 0.25) is 0 Å². The topological polar surface area (TPSA) is 20.3 Å². The van der Waals surface area contributed by atoms with Gasteiger partial charge in [-0.1, -0.05) is 30.3 Å². The number of hydrogen-bond acceptors (Lipinski definition) is 1. The molecule has 0 aliphatic heterocycles. The number of benzene rings is 2. The Morgan fingerprint density at radius 3 is 2.20 bits per heavy atom. The molecule has 2 nitrogen and oxygen atoms in total. The van der Waals surface area contributed by atoms with Crippen LogP contribution in [0.3, 0.4) is 0 Å². The van der Waals surface area contributed by atoms with Crippen LogP contribution in [0.5, 0.6) is 0 Å². The minimum Gasteiger partial charge on any atom is -0.334 e. The second-order valence-electron chi connectivity index (χ2n) is 5.54. The van der Waals surface area contributed by atoms with E-state index in [2.05, 4.69) is 62.4 Å². The summed E-state index contributed by atoms with van der Waals surface area (Å²) in [6.07, 6.45) is 0. The van der Waals surface area contributed by atoms with Gasteiger partial charge in [0.1, 0.15) is 0 Å². The normalized spacial score (nSPS) is 11.3. The summed E-state index contributed by atoms with van der Waals surface area (Å²) in [4.78, 5) is 14.9. The van der Waals surface area contributed by atoms with Crippen molar-refractivity contribution >= 4 is 39.3 Å². The Bertz CT molecular complexity index is 626. The smallest absolute Gasteiger partial charge is 0.256 e. The van der Waals surface area contributed by atoms with Crippen molar-refractivity contribution < 1.29 is 4.79 Å². The van der Waals surface area contributed by atoms with Crippen LogP contribution < -0.4 is 0 Å². The fourth-order valence-corrected chi connectivity index (χ4v) is 3.36. The molecule has 0 radical (unpaired) electrons. The molecular weight excluding hydrogens is 361 g/mol. The van der Waals surface area contributed by atoms with Gasteiger partial charge in [0.15, 0.2) is 0 Å². The van der Waals surface area contributed by atoms with Crippen LogP contribution in [0.1, 0.15) is 38.1 Å². The van der Waals surface area contributed by atoms with Crippen molar-refractivity contribution in [3.63, 3.8) is 0 Å². The largest absolute Gasteiger partial charge is 0.334 e. The van der Waals surface area contributed by atoms with Crippen LogP contribution in [0.25, 0.3) is 10.8 Å². The fourth-order valence-electron chi connectivity index (χ4n) is 2.66. The van der Waals surface area contributed by atoms with Gasteiger partial charge < -0.3 is 4.90 Å². The average Bonchev–Trinajstić information content (AvgIpc) is 2.37. The molecule has 0 saturated carbocycles. The van der Waals surface area contributed by atoms with Gasteiger partial charge in [0, 0.05) is 15.7 Å². The first-order chi connectivity index (χ1) is 9.43. The Balaban J connectivity index is 2.62. The lowest BCUT2D eigenvalue weighted by molar-refractivity contribution is 0.0645. The van der Waals surface area contributed by atoms with Crippen LogP contribution in [0.4, 0.5) is 0 Å². The van der Waals surface area contributed by atoms with Crippen LogP contribution in [-0.2, 0) is 0 Å². The van der Waals surface area contributed by atoms with Gasteiger partial charge in [-0.05, 0) is 67.1 Å². The minimum absolute atomic E-state index is 0.121. The Labute approximate surface area is 134 Å². The number of rotatable bonds is 3. The molecule has 0 bridgehead atoms. The van der Waals surface area contributed by atoms with Crippen LogP contribution in [0.2, 0.25) is 0 Å². The number of nitrogens with zero attached hydrogens (tertiary/aromatic N) is 1. The lowest BCUT2D eigenvalue weighted by atomic mass is 10.0. The van der Waals surface area contributed by atoms with Crippen molar-refractivity contribution in [2.45, 2.75) is 39.8 Å². The quantitative estimate of drug-likeness (QED) is 0.706. The van der Waals surface area contributed by atoms with E-state index >= 15 is 0 Å². The minimum atomic E-state index is 0.121. The van der Waals surface area contributed by atoms with Crippen LogP contribution in [0, 0.1) is 3.57 Å². The predicted octanol–water partition coefficient (Wildman–Crippen LogP) is 4.70. The molecule has 0 spiro atoms. The van der Waals surface area contributed by atoms with E-state index in [1.807, 2.05) is 29.2 Å². The van der Waals surface area contributed by atoms with E-state index in [1.54, 1.807) is 0 Å². The van der Waals surface area contributed by atoms with Crippen LogP contribution in [-0.4, -0.2) is 22.9 Å². The first-order valence-electron chi connectivity index (χ1n) is 6.93. The molecule has 0 N–H and O–H groups in total. The molecule has 0 atom stereocenters. The molecule has 0 saturated heterocycles. The average molecular weight is 381 g/mol. The lowest BCUT2D eigenvalue weighted by Crippen LogP contribution is -2.42. The summed E-state index contributed by atoms with van der Waals surface area (Å²) >= 11 is 2.26. The Kier molecular flexibility index (Phi) is 4.68. The highest BCUT2D eigenvalue weighted by atomic mass is 127. The van der Waals surface area contributed by atoms with Gasteiger partial charge in [-0.15, -0.1) is 0 Å². The first kappa shape index (κ1) is 15.3. The van der Waals surface area contributed by atoms with Crippen molar-refractivity contribution in [3.05, 3.63) is 45.5 Å². The zero-order valence-corrected chi connectivity index (χ0v) is 14.5. The zero-order valence-electron chi connectivity index (χ0n) is 12.4. The third kappa shape index (κ3) is 2.82. The maximum Gasteiger partial charge on any atom is 0.256 e. The van der Waals surface area contributed by atoms with Crippen molar-refractivity contribution in [1.82, 2.24) is 4.90 Å². The van der Waals surface area contributed by atoms with E-state index in [1.165, 1.54) is 0 Å². The third-order valence-corrected chi connectivity index (χ3v) is 4.34. The Hall–Kier alpha value is -1.10. The second-order valence-corrected chi connectivity index (χ2v) is 6.71. The molecule has 0 aliphatic carbocycles. The first-order valence-corrected chi connectivity index (χ1v) is 8.01. The SMILES string of the molecule is CC(C)N(C(=O)c1c(I)ccc2ccccc12)C(C)C. The molecule has 3 heteroatoms. The summed E-state index contributed by atoms with van der Waals surface area (Å²) in [5, 5.41) is 2.15. The molecule has 0 aromatic heterocycles. The van der Waals surface area contributed by atoms with Crippen LogP contribution >= 0.6 is 22.6 Å². The number of amides is 1. The number of halogens is 1. The molecule has 106 valence electrons. The van der Waals surface area contributed by atoms with Gasteiger partial charge in [-0.3, -0.25) is 4.79 Å². The summed E-state index contributed by atoms with van der Waals surface area (Å²) in [6, 6.07) is 12.6. The highest BCUT2D eigenvalue weighted by Crippen LogP contribution is 2.26. The van der Waals surface area contributed by atoms with Gasteiger partial charge in [0.25, 0.3) is 5.91 Å². The molecule has 0 unspecified atom stereocenters. The van der Waals surface area contributed by atoms with Crippen molar-refractivity contribution in [2.75, 3.05) is 0 Å². The molecular formula is C17H20INO. The van der Waals surface area contributed by atoms with Crippen molar-refractivity contribution in [2.24, 2.45) is 0 Å². The maximum atomic E-state index is 13.0. The number of hydrogen-bond donors (Lipinski definition) is 0. The van der Waals surface area contributed by atoms with Gasteiger partial charge >= 0.3 is 0 Å². The standard InChI is InChI=1S/C17H20INO/c1-11(2)19(12(3)4)17(20)16-14-8-6-5-7-13(14)9-10-15(16)18/h5-12H,1-4H3. The van der Waals surface area contributed by atoms with Crippen molar-refractivity contribution in [3.8, 4) is 0 Å². The summed E-state index contributed by atoms with van der Waals surface area (Å²) in [7, 11) is 0. The summed E-state index contributed by atoms with van der Waals surface area (Å²) in [6.45, 7) is 8.26. The molecule has 0 fully saturated rings. The van der Waals surface area contributed by atoms with E-state index in [-0.39, 0.29) is 18.0 Å². The molecule has 2 aromatic rings. The van der Waals surface area contributed by atoms with E-state index in [0.717, 1.165) is 19.9 Å². The van der Waals surface area contributed by atoms with E-state index < -0.39 is 0 Å². The summed E-state index contributed by atoms with van der Waals surface area (Å²) in [5.74, 6) is 0.121. The van der Waals surface area contributed by atoms with Gasteiger partial charge in [-0.25, -0.2) is 0 Å². The summed E-state index contributed by atoms with van der Waals surface area (Å²) < 4.78 is 1.01. The predicted molar refractivity (Wildman–Crippen MR) is 93.1 cm³/mol. The van der Waals surface area contributed by atoms with Crippen molar-refractivity contribution in [1.29, 1.82) is 0 Å². The molecule has 0 heterocycles. The number of fused-ring (bicyclic) bond motifs is 1. The molecule has 20 heavy (non-hydrogen) atoms. The maximum absolute atomic E-state index is 13.0. The van der Waals surface area contributed by atoms with E-state index in [0.29, 0.717) is 0 Å². The fraction of sp³-hybridized carbons (Fsp3) is 0.353. The van der Waals surface area contributed by atoms with Gasteiger partial charge in [0.05, 0.1) is 5.56 Å². The summed E-state index contributed by atoms with van der Waals surface area (Å²) in [5.41, 5.74) is 0.825. The third-order valence-electron chi connectivity index (χ3n) is 3.44.